The van der Waals surface area contributed by atoms with E-state index in [1.54, 1.807) is 24.3 Å². The zero-order valence-electron chi connectivity index (χ0n) is 17.5. The minimum Gasteiger partial charge on any atom is -0.465 e. The maximum absolute atomic E-state index is 14.2. The molecule has 3 N–H and O–H groups in total. The molecule has 0 unspecified atom stereocenters. The van der Waals surface area contributed by atoms with Gasteiger partial charge in [-0.15, -0.1) is 0 Å². The Morgan fingerprint density at radius 2 is 2.06 bits per heavy atom. The molecule has 1 aliphatic rings. The second-order valence-corrected chi connectivity index (χ2v) is 7.40. The molecule has 1 atom stereocenters. The van der Waals surface area contributed by atoms with Crippen LogP contribution in [0.15, 0.2) is 36.5 Å². The number of nitrogens with one attached hydrogen (secondary N) is 2. The molecule has 0 radical (unpaired) electrons. The molecule has 1 aliphatic heterocycles. The molecule has 0 spiro atoms. The second-order valence-electron chi connectivity index (χ2n) is 7.40. The molecule has 166 valence electrons. The van der Waals surface area contributed by atoms with E-state index in [0.29, 0.717) is 38.5 Å². The van der Waals surface area contributed by atoms with E-state index in [0.717, 1.165) is 11.3 Å². The monoisotopic (exact) mass is 431 g/mol. The molecule has 3 rings (SSSR count). The van der Waals surface area contributed by atoms with Gasteiger partial charge in [-0.25, -0.2) is 14.0 Å². The number of aryl methyl sites for hydroxylation is 1. The molecule has 1 aromatic carbocycles. The summed E-state index contributed by atoms with van der Waals surface area (Å²) in [6.07, 6.45) is 0.555. The van der Waals surface area contributed by atoms with Gasteiger partial charge in [-0.2, -0.15) is 0 Å². The Kier molecular flexibility index (Phi) is 7.37. The lowest BCUT2D eigenvalue weighted by atomic mass is 10.1. The first-order valence-electron chi connectivity index (χ1n) is 9.85. The molecule has 0 aliphatic carbocycles. The van der Waals surface area contributed by atoms with Crippen LogP contribution in [0.5, 0.6) is 0 Å². The number of pyridine rings is 1. The Morgan fingerprint density at radius 3 is 2.74 bits per heavy atom. The number of nitrogens with zero attached hydrogens (tertiary/aromatic N) is 3. The second kappa shape index (κ2) is 10.2. The fourth-order valence-electron chi connectivity index (χ4n) is 3.50. The first-order valence-corrected chi connectivity index (χ1v) is 9.85. The van der Waals surface area contributed by atoms with E-state index in [-0.39, 0.29) is 11.7 Å². The fourth-order valence-corrected chi connectivity index (χ4v) is 3.50. The number of rotatable bonds is 6. The molecule has 2 heterocycles. The fraction of sp³-hybridized carbons (Fsp3) is 0.381. The molecule has 1 fully saturated rings. The molecule has 2 aromatic rings. The Labute approximate surface area is 179 Å². The third-order valence-electron chi connectivity index (χ3n) is 5.03. The molecule has 1 saturated heterocycles. The predicted octanol–water partition coefficient (Wildman–Crippen LogP) is 2.98. The van der Waals surface area contributed by atoms with Gasteiger partial charge in [-0.3, -0.25) is 9.88 Å². The quantitative estimate of drug-likeness (QED) is 0.649. The molecule has 31 heavy (non-hydrogen) atoms. The lowest BCUT2D eigenvalue weighted by Crippen LogP contribution is -2.56. The average Bonchev–Trinajstić information content (AvgIpc) is 2.72. The standard InChI is InChI=1S/C21H26FN5O4/c1-14-3-5-16(10-23-14)24-20(28)25-19-9-15(4-6-18(19)22)11-26-7-8-27(21(29)30)17(12-26)13-31-2/h3-6,9-10,17H,7-8,11-13H2,1-2H3,(H,29,30)(H2,24,25,28)/t17-/m0/s1. The third kappa shape index (κ3) is 6.12. The number of hydrogen-bond donors (Lipinski definition) is 3. The highest BCUT2D eigenvalue weighted by atomic mass is 19.1. The number of amides is 3. The predicted molar refractivity (Wildman–Crippen MR) is 114 cm³/mol. The van der Waals surface area contributed by atoms with E-state index in [2.05, 4.69) is 20.5 Å². The van der Waals surface area contributed by atoms with Crippen LogP contribution in [-0.4, -0.2) is 71.4 Å². The average molecular weight is 431 g/mol. The zero-order valence-corrected chi connectivity index (χ0v) is 17.5. The number of carbonyl (C=O) groups is 2. The van der Waals surface area contributed by atoms with Gasteiger partial charge in [0, 0.05) is 39.0 Å². The van der Waals surface area contributed by atoms with Crippen molar-refractivity contribution in [1.82, 2.24) is 14.8 Å². The van der Waals surface area contributed by atoms with Crippen molar-refractivity contribution in [2.75, 3.05) is 44.0 Å². The summed E-state index contributed by atoms with van der Waals surface area (Å²) in [7, 11) is 1.54. The van der Waals surface area contributed by atoms with Crippen molar-refractivity contribution in [3.63, 3.8) is 0 Å². The molecule has 3 amide bonds. The van der Waals surface area contributed by atoms with E-state index >= 15 is 0 Å². The number of benzene rings is 1. The van der Waals surface area contributed by atoms with Gasteiger partial charge in [0.1, 0.15) is 5.82 Å². The number of urea groups is 1. The molecule has 10 heteroatoms. The number of hydrogen-bond acceptors (Lipinski definition) is 5. The summed E-state index contributed by atoms with van der Waals surface area (Å²) in [5.74, 6) is -0.547. The zero-order chi connectivity index (χ0) is 22.4. The number of carboxylic acid groups (broad SMARTS) is 1. The van der Waals surface area contributed by atoms with Gasteiger partial charge in [0.05, 0.1) is 30.2 Å². The van der Waals surface area contributed by atoms with Crippen LogP contribution in [0.3, 0.4) is 0 Å². The summed E-state index contributed by atoms with van der Waals surface area (Å²) in [5, 5.41) is 14.5. The number of aromatic nitrogens is 1. The van der Waals surface area contributed by atoms with Crippen molar-refractivity contribution in [3.8, 4) is 0 Å². The largest absolute Gasteiger partial charge is 0.465 e. The van der Waals surface area contributed by atoms with Crippen LogP contribution in [0.1, 0.15) is 11.3 Å². The van der Waals surface area contributed by atoms with Crippen molar-refractivity contribution in [3.05, 3.63) is 53.6 Å². The van der Waals surface area contributed by atoms with Gasteiger partial charge in [0.25, 0.3) is 0 Å². The lowest BCUT2D eigenvalue weighted by Gasteiger charge is -2.39. The van der Waals surface area contributed by atoms with E-state index in [9.17, 15) is 19.1 Å². The minimum atomic E-state index is -0.968. The van der Waals surface area contributed by atoms with Crippen molar-refractivity contribution in [2.24, 2.45) is 0 Å². The third-order valence-corrected chi connectivity index (χ3v) is 5.03. The first kappa shape index (κ1) is 22.4. The Morgan fingerprint density at radius 1 is 1.26 bits per heavy atom. The summed E-state index contributed by atoms with van der Waals surface area (Å²) in [4.78, 5) is 31.2. The molecular formula is C21H26FN5O4. The van der Waals surface area contributed by atoms with Gasteiger partial charge in [-0.1, -0.05) is 6.07 Å². The molecule has 0 saturated carbocycles. The van der Waals surface area contributed by atoms with E-state index in [1.165, 1.54) is 24.3 Å². The van der Waals surface area contributed by atoms with Crippen LogP contribution >= 0.6 is 0 Å². The number of piperazine rings is 1. The molecule has 1 aromatic heterocycles. The first-order chi connectivity index (χ1) is 14.9. The smallest absolute Gasteiger partial charge is 0.407 e. The van der Waals surface area contributed by atoms with E-state index in [1.807, 2.05) is 6.92 Å². The van der Waals surface area contributed by atoms with Crippen LogP contribution in [-0.2, 0) is 11.3 Å². The number of carbonyl (C=O) groups excluding carboxylic acids is 1. The van der Waals surface area contributed by atoms with Gasteiger partial charge in [0.15, 0.2) is 0 Å². The van der Waals surface area contributed by atoms with Crippen LogP contribution in [0.2, 0.25) is 0 Å². The maximum Gasteiger partial charge on any atom is 0.407 e. The summed E-state index contributed by atoms with van der Waals surface area (Å²) < 4.78 is 19.4. The highest BCUT2D eigenvalue weighted by Crippen LogP contribution is 2.20. The van der Waals surface area contributed by atoms with Gasteiger partial charge in [0.2, 0.25) is 0 Å². The highest BCUT2D eigenvalue weighted by Gasteiger charge is 2.30. The van der Waals surface area contributed by atoms with Crippen LogP contribution < -0.4 is 10.6 Å². The number of anilines is 2. The van der Waals surface area contributed by atoms with Gasteiger partial charge in [-0.05, 0) is 36.8 Å². The minimum absolute atomic E-state index is 0.0627. The SMILES string of the molecule is COC[C@@H]1CN(Cc2ccc(F)c(NC(=O)Nc3ccc(C)nc3)c2)CCN1C(=O)O. The summed E-state index contributed by atoms with van der Waals surface area (Å²) in [6.45, 7) is 4.04. The summed E-state index contributed by atoms with van der Waals surface area (Å²) in [6, 6.07) is 7.16. The highest BCUT2D eigenvalue weighted by molar-refractivity contribution is 5.99. The Hall–Kier alpha value is -3.24. The van der Waals surface area contributed by atoms with Crippen molar-refractivity contribution in [1.29, 1.82) is 0 Å². The van der Waals surface area contributed by atoms with Crippen molar-refractivity contribution >= 4 is 23.5 Å². The topological polar surface area (TPSA) is 107 Å². The van der Waals surface area contributed by atoms with Crippen LogP contribution in [0, 0.1) is 12.7 Å². The van der Waals surface area contributed by atoms with Crippen molar-refractivity contribution in [2.45, 2.75) is 19.5 Å². The number of methoxy groups -OCH3 is 1. The Balaban J connectivity index is 1.63. The van der Waals surface area contributed by atoms with E-state index < -0.39 is 17.9 Å². The van der Waals surface area contributed by atoms with Gasteiger partial charge >= 0.3 is 12.1 Å². The van der Waals surface area contributed by atoms with Crippen LogP contribution in [0.25, 0.3) is 0 Å². The Bertz CT molecular complexity index is 924. The van der Waals surface area contributed by atoms with E-state index in [4.69, 9.17) is 4.74 Å². The number of ether oxygens (including phenoxy) is 1. The lowest BCUT2D eigenvalue weighted by molar-refractivity contribution is 0.0265. The summed E-state index contributed by atoms with van der Waals surface area (Å²) in [5.41, 5.74) is 2.18. The normalized spacial score (nSPS) is 16.7. The maximum atomic E-state index is 14.2. The van der Waals surface area contributed by atoms with Gasteiger partial charge < -0.3 is 25.4 Å². The molecule has 0 bridgehead atoms. The summed E-state index contributed by atoms with van der Waals surface area (Å²) >= 11 is 0. The molecule has 9 nitrogen and oxygen atoms in total. The van der Waals surface area contributed by atoms with Crippen LogP contribution in [0.4, 0.5) is 25.4 Å². The number of halogens is 1. The molecular weight excluding hydrogens is 405 g/mol. The van der Waals surface area contributed by atoms with Crippen molar-refractivity contribution < 1.29 is 23.8 Å².